The van der Waals surface area contributed by atoms with Crippen LogP contribution in [0.3, 0.4) is 0 Å². The van der Waals surface area contributed by atoms with E-state index >= 15 is 0 Å². The third-order valence-electron chi connectivity index (χ3n) is 5.25. The van der Waals surface area contributed by atoms with Crippen LogP contribution in [0.25, 0.3) is 5.69 Å². The van der Waals surface area contributed by atoms with E-state index < -0.39 is 30.1 Å². The molecule has 0 saturated carbocycles. The highest BCUT2D eigenvalue weighted by Gasteiger charge is 2.35. The molecule has 31 heavy (non-hydrogen) atoms. The Bertz CT molecular complexity index is 970. The summed E-state index contributed by atoms with van der Waals surface area (Å²) < 4.78 is 1.70. The fourth-order valence-electron chi connectivity index (χ4n) is 3.34. The van der Waals surface area contributed by atoms with Crippen molar-refractivity contribution < 1.29 is 19.8 Å². The summed E-state index contributed by atoms with van der Waals surface area (Å²) in [5.41, 5.74) is 8.45. The molecule has 0 bridgehead atoms. The van der Waals surface area contributed by atoms with Crippen molar-refractivity contribution in [3.63, 3.8) is 0 Å². The number of amides is 2. The van der Waals surface area contributed by atoms with Crippen LogP contribution in [0.2, 0.25) is 0 Å². The Morgan fingerprint density at radius 3 is 2.55 bits per heavy atom. The minimum atomic E-state index is -1.92. The zero-order chi connectivity index (χ0) is 22.5. The van der Waals surface area contributed by atoms with Gasteiger partial charge in [-0.2, -0.15) is 5.10 Å². The SMILES string of the molecule is C[C@@H](NC(=O)[C@H](O)[C@@H](O)C(=O)N1CCC(C=N)=C(N)C1)c1ccc(-n2cccn2)cc1. The fraction of sp³-hybridized carbons (Fsp3) is 0.333. The third-order valence-corrected chi connectivity index (χ3v) is 5.25. The number of nitrogens with two attached hydrogens (primary N) is 1. The lowest BCUT2D eigenvalue weighted by Crippen LogP contribution is -2.52. The second-order valence-electron chi connectivity index (χ2n) is 7.37. The average Bonchev–Trinajstić information content (AvgIpc) is 3.32. The minimum Gasteiger partial charge on any atom is -0.400 e. The lowest BCUT2D eigenvalue weighted by atomic mass is 10.0. The number of hydrogen-bond donors (Lipinski definition) is 5. The maximum absolute atomic E-state index is 12.5. The number of rotatable bonds is 7. The van der Waals surface area contributed by atoms with Gasteiger partial charge in [0.15, 0.2) is 12.2 Å². The first-order valence-corrected chi connectivity index (χ1v) is 9.85. The Balaban J connectivity index is 1.58. The molecule has 164 valence electrons. The molecule has 6 N–H and O–H groups in total. The van der Waals surface area contributed by atoms with Gasteiger partial charge in [0, 0.05) is 30.9 Å². The van der Waals surface area contributed by atoms with E-state index in [0.29, 0.717) is 17.7 Å². The van der Waals surface area contributed by atoms with E-state index in [-0.39, 0.29) is 13.1 Å². The highest BCUT2D eigenvalue weighted by molar-refractivity contribution is 5.91. The van der Waals surface area contributed by atoms with Crippen LogP contribution in [0.1, 0.15) is 24.9 Å². The van der Waals surface area contributed by atoms with Crippen LogP contribution in [0.4, 0.5) is 0 Å². The predicted molar refractivity (Wildman–Crippen MR) is 113 cm³/mol. The molecule has 1 aliphatic rings. The fourth-order valence-corrected chi connectivity index (χ4v) is 3.34. The number of nitrogens with one attached hydrogen (secondary N) is 2. The normalized spacial score (nSPS) is 17.1. The van der Waals surface area contributed by atoms with Gasteiger partial charge in [0.05, 0.1) is 18.3 Å². The zero-order valence-electron chi connectivity index (χ0n) is 17.1. The molecule has 0 radical (unpaired) electrons. The Hall–Kier alpha value is -3.50. The summed E-state index contributed by atoms with van der Waals surface area (Å²) in [5, 5.41) is 34.5. The van der Waals surface area contributed by atoms with Crippen LogP contribution in [0, 0.1) is 5.41 Å². The smallest absolute Gasteiger partial charge is 0.255 e. The second kappa shape index (κ2) is 9.54. The standard InChI is InChI=1S/C21H26N6O4/c1-13(14-3-5-16(6-4-14)27-9-2-8-24-27)25-20(30)18(28)19(29)21(31)26-10-7-15(11-22)17(23)12-26/h2-6,8-9,11,13,18-19,22,28-29H,7,10,12,23H2,1H3,(H,25,30)/t13-,18-,19-/m1/s1. The molecule has 3 rings (SSSR count). The van der Waals surface area contributed by atoms with Gasteiger partial charge in [-0.05, 0) is 42.7 Å². The van der Waals surface area contributed by atoms with Crippen molar-refractivity contribution in [3.8, 4) is 5.69 Å². The molecule has 1 aromatic heterocycles. The number of carbonyl (C=O) groups excluding carboxylic acids is 2. The number of aliphatic hydroxyl groups is 2. The van der Waals surface area contributed by atoms with E-state index in [0.717, 1.165) is 17.5 Å². The van der Waals surface area contributed by atoms with Crippen molar-refractivity contribution in [1.82, 2.24) is 20.0 Å². The molecule has 10 heteroatoms. The Labute approximate surface area is 179 Å². The molecule has 0 spiro atoms. The first-order chi connectivity index (χ1) is 14.8. The molecule has 0 saturated heterocycles. The summed E-state index contributed by atoms with van der Waals surface area (Å²) >= 11 is 0. The molecule has 0 fully saturated rings. The van der Waals surface area contributed by atoms with E-state index in [1.165, 1.54) is 4.90 Å². The average molecular weight is 426 g/mol. The molecule has 1 aliphatic heterocycles. The molecular formula is C21H26N6O4. The number of aromatic nitrogens is 2. The van der Waals surface area contributed by atoms with Crippen molar-refractivity contribution >= 4 is 18.0 Å². The summed E-state index contributed by atoms with van der Waals surface area (Å²) in [5.74, 6) is -1.64. The molecule has 10 nitrogen and oxygen atoms in total. The molecule has 2 heterocycles. The van der Waals surface area contributed by atoms with Crippen LogP contribution in [0.5, 0.6) is 0 Å². The quantitative estimate of drug-likeness (QED) is 0.388. The molecular weight excluding hydrogens is 400 g/mol. The van der Waals surface area contributed by atoms with Gasteiger partial charge in [0.1, 0.15) is 0 Å². The first-order valence-electron chi connectivity index (χ1n) is 9.85. The first kappa shape index (κ1) is 22.2. The summed E-state index contributed by atoms with van der Waals surface area (Å²) in [4.78, 5) is 26.1. The van der Waals surface area contributed by atoms with Gasteiger partial charge >= 0.3 is 0 Å². The lowest BCUT2D eigenvalue weighted by molar-refractivity contribution is -0.153. The predicted octanol–water partition coefficient (Wildman–Crippen LogP) is -0.134. The van der Waals surface area contributed by atoms with Gasteiger partial charge in [0.25, 0.3) is 11.8 Å². The van der Waals surface area contributed by atoms with Crippen molar-refractivity contribution in [2.24, 2.45) is 5.73 Å². The zero-order valence-corrected chi connectivity index (χ0v) is 17.1. The maximum atomic E-state index is 12.5. The van der Waals surface area contributed by atoms with Crippen molar-refractivity contribution in [2.45, 2.75) is 31.6 Å². The lowest BCUT2D eigenvalue weighted by Gasteiger charge is -2.31. The number of hydrogen-bond acceptors (Lipinski definition) is 7. The number of aliphatic hydroxyl groups excluding tert-OH is 2. The third kappa shape index (κ3) is 4.98. The minimum absolute atomic E-state index is 0.0357. The molecule has 0 unspecified atom stereocenters. The van der Waals surface area contributed by atoms with Gasteiger partial charge in [-0.1, -0.05) is 12.1 Å². The largest absolute Gasteiger partial charge is 0.400 e. The summed E-state index contributed by atoms with van der Waals surface area (Å²) in [6.07, 6.45) is 1.16. The van der Waals surface area contributed by atoms with Gasteiger partial charge in [0.2, 0.25) is 0 Å². The van der Waals surface area contributed by atoms with E-state index in [1.54, 1.807) is 17.8 Å². The van der Waals surface area contributed by atoms with Gasteiger partial charge in [-0.15, -0.1) is 0 Å². The van der Waals surface area contributed by atoms with E-state index in [1.807, 2.05) is 36.5 Å². The summed E-state index contributed by atoms with van der Waals surface area (Å²) in [6.45, 7) is 2.01. The van der Waals surface area contributed by atoms with Crippen molar-refractivity contribution in [2.75, 3.05) is 13.1 Å². The van der Waals surface area contributed by atoms with Crippen LogP contribution >= 0.6 is 0 Å². The van der Waals surface area contributed by atoms with E-state index in [4.69, 9.17) is 11.1 Å². The van der Waals surface area contributed by atoms with Gasteiger partial charge in [-0.25, -0.2) is 4.68 Å². The van der Waals surface area contributed by atoms with Gasteiger partial charge in [-0.3, -0.25) is 9.59 Å². The second-order valence-corrected chi connectivity index (χ2v) is 7.37. The van der Waals surface area contributed by atoms with Crippen LogP contribution in [-0.2, 0) is 9.59 Å². The number of carbonyl (C=O) groups is 2. The van der Waals surface area contributed by atoms with E-state index in [9.17, 15) is 19.8 Å². The molecule has 1 aromatic carbocycles. The molecule has 3 atom stereocenters. The van der Waals surface area contributed by atoms with Crippen molar-refractivity contribution in [3.05, 3.63) is 59.6 Å². The maximum Gasteiger partial charge on any atom is 0.255 e. The van der Waals surface area contributed by atoms with Crippen LogP contribution < -0.4 is 11.1 Å². The van der Waals surface area contributed by atoms with Crippen LogP contribution in [0.15, 0.2) is 54.0 Å². The monoisotopic (exact) mass is 426 g/mol. The Kier molecular flexibility index (Phi) is 6.83. The number of benzene rings is 1. The van der Waals surface area contributed by atoms with Gasteiger partial charge < -0.3 is 31.6 Å². The van der Waals surface area contributed by atoms with E-state index in [2.05, 4.69) is 10.4 Å². The Morgan fingerprint density at radius 1 is 1.26 bits per heavy atom. The van der Waals surface area contributed by atoms with Crippen LogP contribution in [-0.4, -0.2) is 68.2 Å². The topological polar surface area (TPSA) is 158 Å². The summed E-state index contributed by atoms with van der Waals surface area (Å²) in [6, 6.07) is 8.68. The molecule has 0 aliphatic carbocycles. The Morgan fingerprint density at radius 2 is 1.97 bits per heavy atom. The molecule has 2 amide bonds. The summed E-state index contributed by atoms with van der Waals surface area (Å²) in [7, 11) is 0. The highest BCUT2D eigenvalue weighted by atomic mass is 16.3. The highest BCUT2D eigenvalue weighted by Crippen LogP contribution is 2.17. The van der Waals surface area contributed by atoms with Crippen molar-refractivity contribution in [1.29, 1.82) is 5.41 Å². The molecule has 2 aromatic rings. The number of nitrogens with zero attached hydrogens (tertiary/aromatic N) is 3.